The molecule has 1 atom stereocenters. The lowest BCUT2D eigenvalue weighted by molar-refractivity contribution is -0.117. The van der Waals surface area contributed by atoms with Crippen molar-refractivity contribution in [2.75, 3.05) is 16.0 Å². The average Bonchev–Trinajstić information content (AvgIpc) is 2.81. The first kappa shape index (κ1) is 22.9. The number of amides is 1. The molecule has 0 bridgehead atoms. The van der Waals surface area contributed by atoms with Gasteiger partial charge in [-0.05, 0) is 67.8 Å². The van der Waals surface area contributed by atoms with Crippen molar-refractivity contribution in [3.8, 4) is 0 Å². The van der Waals surface area contributed by atoms with Gasteiger partial charge in [-0.1, -0.05) is 37.3 Å². The molecule has 2 aromatic heterocycles. The first-order valence-corrected chi connectivity index (χ1v) is 11.3. The molecule has 7 heteroatoms. The van der Waals surface area contributed by atoms with Crippen LogP contribution in [0.2, 0.25) is 0 Å². The van der Waals surface area contributed by atoms with Gasteiger partial charge in [-0.3, -0.25) is 4.79 Å². The van der Waals surface area contributed by atoms with Crippen molar-refractivity contribution in [1.29, 1.82) is 0 Å². The van der Waals surface area contributed by atoms with Crippen molar-refractivity contribution < 1.29 is 4.79 Å². The van der Waals surface area contributed by atoms with Crippen molar-refractivity contribution in [1.82, 2.24) is 15.0 Å². The monoisotopic (exact) mass is 452 g/mol. The minimum atomic E-state index is -0.184. The predicted molar refractivity (Wildman–Crippen MR) is 137 cm³/mol. The minimum absolute atomic E-state index is 0.0127. The van der Waals surface area contributed by atoms with Crippen LogP contribution in [0.3, 0.4) is 0 Å². The lowest BCUT2D eigenvalue weighted by atomic mass is 9.95. The third-order valence-electron chi connectivity index (χ3n) is 5.36. The molecule has 34 heavy (non-hydrogen) atoms. The van der Waals surface area contributed by atoms with E-state index in [4.69, 9.17) is 0 Å². The number of carbonyl (C=O) groups excluding carboxylic acids is 1. The van der Waals surface area contributed by atoms with Crippen LogP contribution in [0.5, 0.6) is 0 Å². The third kappa shape index (κ3) is 5.95. The molecule has 172 valence electrons. The zero-order chi connectivity index (χ0) is 23.9. The minimum Gasteiger partial charge on any atom is -0.340 e. The Labute approximate surface area is 199 Å². The molecule has 7 nitrogen and oxygen atoms in total. The van der Waals surface area contributed by atoms with Crippen LogP contribution in [0.4, 0.5) is 28.8 Å². The summed E-state index contributed by atoms with van der Waals surface area (Å²) < 4.78 is 0. The number of benzene rings is 2. The van der Waals surface area contributed by atoms with Crippen molar-refractivity contribution in [3.05, 3.63) is 95.9 Å². The van der Waals surface area contributed by atoms with Crippen molar-refractivity contribution in [3.63, 3.8) is 0 Å². The average molecular weight is 453 g/mol. The second kappa shape index (κ2) is 10.6. The fraction of sp³-hybridized carbons (Fsp3) is 0.185. The topological polar surface area (TPSA) is 91.8 Å². The van der Waals surface area contributed by atoms with Gasteiger partial charge < -0.3 is 16.0 Å². The Morgan fingerprint density at radius 2 is 1.50 bits per heavy atom. The SMILES string of the molecule is CCC(C(=O)Nc1ccc(Nc2cc(Nc3cc(C)ccn3)nc(C)n2)cc1)c1ccccc1. The zero-order valence-corrected chi connectivity index (χ0v) is 19.5. The summed E-state index contributed by atoms with van der Waals surface area (Å²) in [4.78, 5) is 26.1. The van der Waals surface area contributed by atoms with E-state index in [1.165, 1.54) is 0 Å². The predicted octanol–water partition coefficient (Wildman–Crippen LogP) is 6.11. The molecule has 3 N–H and O–H groups in total. The number of aromatic nitrogens is 3. The number of aryl methyl sites for hydroxylation is 2. The molecular formula is C27H28N6O. The van der Waals surface area contributed by atoms with Gasteiger partial charge in [0.05, 0.1) is 5.92 Å². The molecule has 1 unspecified atom stereocenters. The highest BCUT2D eigenvalue weighted by molar-refractivity contribution is 5.96. The summed E-state index contributed by atoms with van der Waals surface area (Å²) in [5, 5.41) is 9.54. The van der Waals surface area contributed by atoms with Gasteiger partial charge in [0, 0.05) is 23.6 Å². The van der Waals surface area contributed by atoms with Crippen molar-refractivity contribution in [2.24, 2.45) is 0 Å². The summed E-state index contributed by atoms with van der Waals surface area (Å²) in [6.45, 7) is 5.88. The van der Waals surface area contributed by atoms with Crippen LogP contribution < -0.4 is 16.0 Å². The molecule has 0 aliphatic heterocycles. The van der Waals surface area contributed by atoms with Gasteiger partial charge in [0.1, 0.15) is 23.3 Å². The standard InChI is InChI=1S/C27H28N6O/c1-4-23(20-8-6-5-7-9-20)27(34)32-22-12-10-21(11-13-22)31-25-17-26(30-19(3)29-25)33-24-16-18(2)14-15-28-24/h5-17,23H,4H2,1-3H3,(H,32,34)(H2,28,29,30,31,33). The number of rotatable bonds is 8. The fourth-order valence-corrected chi connectivity index (χ4v) is 3.70. The third-order valence-corrected chi connectivity index (χ3v) is 5.36. The van der Waals surface area contributed by atoms with E-state index in [2.05, 4.69) is 30.9 Å². The Hall–Kier alpha value is -4.26. The molecule has 4 aromatic rings. The molecule has 0 radical (unpaired) electrons. The summed E-state index contributed by atoms with van der Waals surface area (Å²) in [5.74, 6) is 2.48. The second-order valence-electron chi connectivity index (χ2n) is 8.09. The highest BCUT2D eigenvalue weighted by atomic mass is 16.1. The van der Waals surface area contributed by atoms with E-state index in [0.717, 1.165) is 34.7 Å². The van der Waals surface area contributed by atoms with Gasteiger partial charge in [-0.15, -0.1) is 0 Å². The van der Waals surface area contributed by atoms with Gasteiger partial charge >= 0.3 is 0 Å². The largest absolute Gasteiger partial charge is 0.340 e. The van der Waals surface area contributed by atoms with E-state index in [-0.39, 0.29) is 11.8 Å². The van der Waals surface area contributed by atoms with Crippen LogP contribution in [0.25, 0.3) is 0 Å². The van der Waals surface area contributed by atoms with E-state index in [1.807, 2.05) is 93.6 Å². The van der Waals surface area contributed by atoms with Crippen LogP contribution in [-0.4, -0.2) is 20.9 Å². The van der Waals surface area contributed by atoms with E-state index in [9.17, 15) is 4.79 Å². The van der Waals surface area contributed by atoms with Gasteiger partial charge in [-0.25, -0.2) is 15.0 Å². The maximum Gasteiger partial charge on any atom is 0.231 e. The number of hydrogen-bond donors (Lipinski definition) is 3. The van der Waals surface area contributed by atoms with Crippen LogP contribution >= 0.6 is 0 Å². The number of carbonyl (C=O) groups is 1. The van der Waals surface area contributed by atoms with Gasteiger partial charge in [0.2, 0.25) is 5.91 Å². The molecule has 0 fully saturated rings. The second-order valence-corrected chi connectivity index (χ2v) is 8.09. The Morgan fingerprint density at radius 3 is 2.18 bits per heavy atom. The highest BCUT2D eigenvalue weighted by Gasteiger charge is 2.18. The number of pyridine rings is 1. The number of hydrogen-bond acceptors (Lipinski definition) is 6. The summed E-state index contributed by atoms with van der Waals surface area (Å²) >= 11 is 0. The molecule has 0 aliphatic carbocycles. The summed E-state index contributed by atoms with van der Waals surface area (Å²) in [6, 6.07) is 23.2. The van der Waals surface area contributed by atoms with Gasteiger partial charge in [-0.2, -0.15) is 0 Å². The molecule has 2 aromatic carbocycles. The van der Waals surface area contributed by atoms with Crippen molar-refractivity contribution in [2.45, 2.75) is 33.1 Å². The van der Waals surface area contributed by atoms with E-state index in [0.29, 0.717) is 17.5 Å². The zero-order valence-electron chi connectivity index (χ0n) is 19.5. The first-order valence-electron chi connectivity index (χ1n) is 11.3. The number of anilines is 5. The van der Waals surface area contributed by atoms with Crippen LogP contribution in [-0.2, 0) is 4.79 Å². The molecule has 0 saturated carbocycles. The van der Waals surface area contributed by atoms with E-state index in [1.54, 1.807) is 6.20 Å². The van der Waals surface area contributed by atoms with E-state index < -0.39 is 0 Å². The fourth-order valence-electron chi connectivity index (χ4n) is 3.70. The summed E-state index contributed by atoms with van der Waals surface area (Å²) in [7, 11) is 0. The molecule has 2 heterocycles. The summed E-state index contributed by atoms with van der Waals surface area (Å²) in [6.07, 6.45) is 2.49. The maximum atomic E-state index is 12.8. The van der Waals surface area contributed by atoms with Crippen LogP contribution in [0.15, 0.2) is 79.0 Å². The molecule has 0 aliphatic rings. The van der Waals surface area contributed by atoms with Gasteiger partial charge in [0.15, 0.2) is 0 Å². The Balaban J connectivity index is 1.42. The summed E-state index contributed by atoms with van der Waals surface area (Å²) in [5.41, 5.74) is 3.73. The smallest absolute Gasteiger partial charge is 0.231 e. The van der Waals surface area contributed by atoms with Crippen LogP contribution in [0, 0.1) is 13.8 Å². The molecule has 0 saturated heterocycles. The van der Waals surface area contributed by atoms with E-state index >= 15 is 0 Å². The molecule has 0 spiro atoms. The highest BCUT2D eigenvalue weighted by Crippen LogP contribution is 2.24. The van der Waals surface area contributed by atoms with Crippen molar-refractivity contribution >= 4 is 34.7 Å². The Bertz CT molecular complexity index is 1260. The lowest BCUT2D eigenvalue weighted by Gasteiger charge is -2.16. The molecular weight excluding hydrogens is 424 g/mol. The molecule has 4 rings (SSSR count). The normalized spacial score (nSPS) is 11.5. The van der Waals surface area contributed by atoms with Gasteiger partial charge in [0.25, 0.3) is 0 Å². The first-order chi connectivity index (χ1) is 16.5. The lowest BCUT2D eigenvalue weighted by Crippen LogP contribution is -2.20. The van der Waals surface area contributed by atoms with Crippen LogP contribution in [0.1, 0.15) is 36.2 Å². The Morgan fingerprint density at radius 1 is 0.824 bits per heavy atom. The quantitative estimate of drug-likeness (QED) is 0.299. The molecule has 1 amide bonds. The maximum absolute atomic E-state index is 12.8. The number of nitrogens with zero attached hydrogens (tertiary/aromatic N) is 3. The number of nitrogens with one attached hydrogen (secondary N) is 3. The Kier molecular flexibility index (Phi) is 7.13.